The number of aryl methyl sites for hydroxylation is 2. The topological polar surface area (TPSA) is 35.2 Å². The second-order valence-corrected chi connectivity index (χ2v) is 5.84. The summed E-state index contributed by atoms with van der Waals surface area (Å²) in [6, 6.07) is 10.4. The maximum Gasteiger partial charge on any atom is 0.119 e. The summed E-state index contributed by atoms with van der Waals surface area (Å²) in [5, 5.41) is 0. The number of benzene rings is 1. The van der Waals surface area contributed by atoms with E-state index in [4.69, 9.17) is 10.5 Å². The van der Waals surface area contributed by atoms with Gasteiger partial charge >= 0.3 is 0 Å². The Morgan fingerprint density at radius 3 is 2.67 bits per heavy atom. The third-order valence-electron chi connectivity index (χ3n) is 3.14. The van der Waals surface area contributed by atoms with E-state index in [0.29, 0.717) is 0 Å². The van der Waals surface area contributed by atoms with Crippen molar-refractivity contribution in [2.45, 2.75) is 26.3 Å². The van der Waals surface area contributed by atoms with Gasteiger partial charge in [0.1, 0.15) is 5.75 Å². The molecule has 1 atom stereocenters. The third-order valence-corrected chi connectivity index (χ3v) is 4.42. The highest BCUT2D eigenvalue weighted by Gasteiger charge is 2.11. The summed E-state index contributed by atoms with van der Waals surface area (Å²) >= 11 is 1.80. The van der Waals surface area contributed by atoms with Gasteiger partial charge in [0.2, 0.25) is 0 Å². The van der Waals surface area contributed by atoms with Crippen LogP contribution in [0.1, 0.15) is 26.9 Å². The minimum Gasteiger partial charge on any atom is -0.497 e. The molecule has 0 fully saturated rings. The van der Waals surface area contributed by atoms with Crippen molar-refractivity contribution in [1.82, 2.24) is 0 Å². The molecule has 0 aliphatic rings. The van der Waals surface area contributed by atoms with Crippen LogP contribution in [0.15, 0.2) is 30.3 Å². The van der Waals surface area contributed by atoms with Crippen LogP contribution in [0.5, 0.6) is 5.75 Å². The average molecular weight is 261 g/mol. The molecular formula is C15H19NOS. The molecular weight excluding hydrogens is 242 g/mol. The van der Waals surface area contributed by atoms with Crippen molar-refractivity contribution >= 4 is 11.3 Å². The van der Waals surface area contributed by atoms with E-state index < -0.39 is 0 Å². The molecule has 2 nitrogen and oxygen atoms in total. The van der Waals surface area contributed by atoms with Gasteiger partial charge in [0.05, 0.1) is 7.11 Å². The van der Waals surface area contributed by atoms with Crippen LogP contribution in [0.2, 0.25) is 0 Å². The predicted molar refractivity (Wildman–Crippen MR) is 77.4 cm³/mol. The number of methoxy groups -OCH3 is 1. The van der Waals surface area contributed by atoms with Gasteiger partial charge in [0.15, 0.2) is 0 Å². The number of thiophene rings is 1. The van der Waals surface area contributed by atoms with Gasteiger partial charge in [-0.3, -0.25) is 0 Å². The lowest BCUT2D eigenvalue weighted by atomic mass is 10.0. The van der Waals surface area contributed by atoms with Gasteiger partial charge in [0.25, 0.3) is 0 Å². The molecule has 2 N–H and O–H groups in total. The van der Waals surface area contributed by atoms with Gasteiger partial charge in [-0.15, -0.1) is 11.3 Å². The van der Waals surface area contributed by atoms with Crippen molar-refractivity contribution in [2.24, 2.45) is 5.73 Å². The minimum absolute atomic E-state index is 0.0644. The first-order valence-electron chi connectivity index (χ1n) is 6.05. The monoisotopic (exact) mass is 261 g/mol. The summed E-state index contributed by atoms with van der Waals surface area (Å²) in [6.07, 6.45) is 0.844. The highest BCUT2D eigenvalue weighted by Crippen LogP contribution is 2.27. The van der Waals surface area contributed by atoms with E-state index in [1.54, 1.807) is 18.4 Å². The Morgan fingerprint density at radius 1 is 1.28 bits per heavy atom. The lowest BCUT2D eigenvalue weighted by Gasteiger charge is -2.10. The average Bonchev–Trinajstić information content (AvgIpc) is 2.70. The third kappa shape index (κ3) is 2.92. The van der Waals surface area contributed by atoms with E-state index in [2.05, 4.69) is 26.0 Å². The molecule has 0 saturated carbocycles. The maximum atomic E-state index is 6.27. The number of hydrogen-bond donors (Lipinski definition) is 1. The molecule has 96 valence electrons. The summed E-state index contributed by atoms with van der Waals surface area (Å²) in [7, 11) is 1.69. The molecule has 2 rings (SSSR count). The van der Waals surface area contributed by atoms with E-state index in [1.807, 2.05) is 18.2 Å². The molecule has 0 radical (unpaired) electrons. The molecule has 0 bridgehead atoms. The Bertz CT molecular complexity index is 514. The molecule has 1 heterocycles. The van der Waals surface area contributed by atoms with Crippen molar-refractivity contribution in [1.29, 1.82) is 0 Å². The molecule has 0 saturated heterocycles. The molecule has 2 aromatic rings. The molecule has 0 spiro atoms. The second-order valence-electron chi connectivity index (χ2n) is 4.55. The van der Waals surface area contributed by atoms with Crippen LogP contribution in [-0.2, 0) is 6.42 Å². The highest BCUT2D eigenvalue weighted by atomic mass is 32.1. The van der Waals surface area contributed by atoms with Crippen molar-refractivity contribution in [3.63, 3.8) is 0 Å². The molecule has 1 aromatic heterocycles. The van der Waals surface area contributed by atoms with Crippen molar-refractivity contribution in [3.8, 4) is 5.75 Å². The smallest absolute Gasteiger partial charge is 0.119 e. The fourth-order valence-corrected chi connectivity index (χ4v) is 2.98. The first-order valence-corrected chi connectivity index (χ1v) is 6.87. The fourth-order valence-electron chi connectivity index (χ4n) is 1.94. The Morgan fingerprint density at radius 2 is 2.06 bits per heavy atom. The number of ether oxygens (including phenoxy) is 1. The SMILES string of the molecule is COc1cccc(CC(N)c2cc(C)c(C)s2)c1. The first kappa shape index (κ1) is 13.1. The zero-order valence-corrected chi connectivity index (χ0v) is 11.9. The molecule has 1 unspecified atom stereocenters. The number of hydrogen-bond acceptors (Lipinski definition) is 3. The number of nitrogens with two attached hydrogens (primary N) is 1. The largest absolute Gasteiger partial charge is 0.497 e. The Hall–Kier alpha value is -1.32. The molecule has 0 aliphatic heterocycles. The van der Waals surface area contributed by atoms with Crippen molar-refractivity contribution in [2.75, 3.05) is 7.11 Å². The van der Waals surface area contributed by atoms with Gasteiger partial charge in [-0.25, -0.2) is 0 Å². The maximum absolute atomic E-state index is 6.27. The van der Waals surface area contributed by atoms with E-state index >= 15 is 0 Å². The summed E-state index contributed by atoms with van der Waals surface area (Å²) in [5.41, 5.74) is 8.81. The van der Waals surface area contributed by atoms with Crippen molar-refractivity contribution in [3.05, 3.63) is 51.2 Å². The van der Waals surface area contributed by atoms with Crippen molar-refractivity contribution < 1.29 is 4.74 Å². The zero-order chi connectivity index (χ0) is 13.1. The molecule has 1 aromatic carbocycles. The quantitative estimate of drug-likeness (QED) is 0.912. The minimum atomic E-state index is 0.0644. The van der Waals surface area contributed by atoms with Crippen LogP contribution in [-0.4, -0.2) is 7.11 Å². The lowest BCUT2D eigenvalue weighted by Crippen LogP contribution is -2.11. The van der Waals surface area contributed by atoms with Crippen LogP contribution < -0.4 is 10.5 Å². The Balaban J connectivity index is 2.13. The fraction of sp³-hybridized carbons (Fsp3) is 0.333. The van der Waals surface area contributed by atoms with Crippen LogP contribution in [0, 0.1) is 13.8 Å². The lowest BCUT2D eigenvalue weighted by molar-refractivity contribution is 0.414. The summed E-state index contributed by atoms with van der Waals surface area (Å²) in [4.78, 5) is 2.61. The normalized spacial score (nSPS) is 12.4. The van der Waals surface area contributed by atoms with Gasteiger partial charge in [-0.1, -0.05) is 12.1 Å². The van der Waals surface area contributed by atoms with Gasteiger partial charge in [-0.2, -0.15) is 0 Å². The standard InChI is InChI=1S/C15H19NOS/c1-10-7-15(18-11(10)2)14(16)9-12-5-4-6-13(8-12)17-3/h4-8,14H,9,16H2,1-3H3. The van der Waals surface area contributed by atoms with Gasteiger partial charge < -0.3 is 10.5 Å². The van der Waals surface area contributed by atoms with Crippen LogP contribution in [0.4, 0.5) is 0 Å². The first-order chi connectivity index (χ1) is 8.60. The molecule has 3 heteroatoms. The van der Waals surface area contributed by atoms with Gasteiger partial charge in [-0.05, 0) is 49.6 Å². The Labute approximate surface area is 112 Å². The molecule has 0 amide bonds. The Kier molecular flexibility index (Phi) is 4.04. The summed E-state index contributed by atoms with van der Waals surface area (Å²) < 4.78 is 5.23. The number of rotatable bonds is 4. The van der Waals surface area contributed by atoms with E-state index in [9.17, 15) is 0 Å². The van der Waals surface area contributed by atoms with Crippen LogP contribution >= 0.6 is 11.3 Å². The second kappa shape index (κ2) is 5.55. The highest BCUT2D eigenvalue weighted by molar-refractivity contribution is 7.12. The predicted octanol–water partition coefficient (Wildman–Crippen LogP) is 3.62. The zero-order valence-electron chi connectivity index (χ0n) is 11.1. The van der Waals surface area contributed by atoms with Crippen LogP contribution in [0.25, 0.3) is 0 Å². The summed E-state index contributed by atoms with van der Waals surface area (Å²) in [5.74, 6) is 0.887. The van der Waals surface area contributed by atoms with E-state index in [-0.39, 0.29) is 6.04 Å². The van der Waals surface area contributed by atoms with Crippen LogP contribution in [0.3, 0.4) is 0 Å². The molecule has 0 aliphatic carbocycles. The van der Waals surface area contributed by atoms with E-state index in [0.717, 1.165) is 12.2 Å². The summed E-state index contributed by atoms with van der Waals surface area (Å²) in [6.45, 7) is 4.27. The van der Waals surface area contributed by atoms with Gasteiger partial charge in [0, 0.05) is 15.8 Å². The molecule has 18 heavy (non-hydrogen) atoms. The van der Waals surface area contributed by atoms with E-state index in [1.165, 1.54) is 20.9 Å².